The number of aromatic nitrogens is 1. The third-order valence-corrected chi connectivity index (χ3v) is 2.49. The second kappa shape index (κ2) is 5.46. The topological polar surface area (TPSA) is 42.4 Å². The van der Waals surface area contributed by atoms with E-state index in [0.717, 1.165) is 16.9 Å². The van der Waals surface area contributed by atoms with Crippen LogP contribution in [0.5, 0.6) is 5.75 Å². The molecule has 2 aromatic rings. The molecule has 1 aromatic carbocycles. The first-order chi connectivity index (χ1) is 8.25. The second-order valence-corrected chi connectivity index (χ2v) is 3.89. The van der Waals surface area contributed by atoms with Crippen LogP contribution in [-0.4, -0.2) is 10.1 Å². The molecule has 0 fully saturated rings. The summed E-state index contributed by atoms with van der Waals surface area (Å²) in [6.45, 7) is 2.24. The monoisotopic (exact) mass is 229 g/mol. The Balaban J connectivity index is 1.96. The third-order valence-electron chi connectivity index (χ3n) is 2.49. The molecule has 0 amide bonds. The smallest absolute Gasteiger partial charge is 0.119 e. The zero-order valence-corrected chi connectivity index (χ0v) is 9.71. The lowest BCUT2D eigenvalue weighted by Crippen LogP contribution is -1.96. The van der Waals surface area contributed by atoms with Crippen molar-refractivity contribution in [3.8, 4) is 5.75 Å². The molecule has 0 saturated heterocycles. The number of nitrogens with zero attached hydrogens (tertiary/aromatic N) is 1. The maximum absolute atomic E-state index is 9.37. The summed E-state index contributed by atoms with van der Waals surface area (Å²) in [5.41, 5.74) is 1.92. The van der Waals surface area contributed by atoms with Gasteiger partial charge in [0.05, 0.1) is 6.10 Å². The fourth-order valence-electron chi connectivity index (χ4n) is 1.49. The number of pyridine rings is 1. The number of aliphatic hydroxyl groups excluding tert-OH is 1. The number of aliphatic hydroxyl groups is 1. The minimum absolute atomic E-state index is 0.442. The molecule has 0 bridgehead atoms. The third kappa shape index (κ3) is 3.29. The Labute approximate surface area is 101 Å². The zero-order chi connectivity index (χ0) is 12.1. The van der Waals surface area contributed by atoms with Gasteiger partial charge in [0, 0.05) is 18.0 Å². The molecule has 17 heavy (non-hydrogen) atoms. The number of rotatable bonds is 4. The summed E-state index contributed by atoms with van der Waals surface area (Å²) >= 11 is 0. The summed E-state index contributed by atoms with van der Waals surface area (Å²) in [7, 11) is 0. The van der Waals surface area contributed by atoms with Crippen molar-refractivity contribution in [3.05, 3.63) is 59.9 Å². The maximum atomic E-state index is 9.37. The van der Waals surface area contributed by atoms with E-state index in [9.17, 15) is 5.11 Å². The first kappa shape index (κ1) is 11.6. The van der Waals surface area contributed by atoms with Gasteiger partial charge >= 0.3 is 0 Å². The molecular formula is C14H15NO2. The molecule has 1 aromatic heterocycles. The molecule has 1 atom stereocenters. The van der Waals surface area contributed by atoms with Crippen molar-refractivity contribution in [1.82, 2.24) is 4.98 Å². The minimum Gasteiger partial charge on any atom is -0.489 e. The van der Waals surface area contributed by atoms with Gasteiger partial charge in [-0.3, -0.25) is 4.98 Å². The van der Waals surface area contributed by atoms with Gasteiger partial charge in [0.2, 0.25) is 0 Å². The highest BCUT2D eigenvalue weighted by molar-refractivity contribution is 5.28. The van der Waals surface area contributed by atoms with Gasteiger partial charge < -0.3 is 9.84 Å². The lowest BCUT2D eigenvalue weighted by Gasteiger charge is -2.08. The lowest BCUT2D eigenvalue weighted by atomic mass is 10.1. The van der Waals surface area contributed by atoms with E-state index in [2.05, 4.69) is 4.98 Å². The molecule has 0 aliphatic rings. The van der Waals surface area contributed by atoms with Gasteiger partial charge in [-0.15, -0.1) is 0 Å². The Morgan fingerprint density at radius 1 is 1.24 bits per heavy atom. The zero-order valence-electron chi connectivity index (χ0n) is 9.71. The molecule has 88 valence electrons. The lowest BCUT2D eigenvalue weighted by molar-refractivity contribution is 0.199. The standard InChI is InChI=1S/C14H15NO2/c1-11(16)13-4-6-14(7-5-13)17-10-12-3-2-8-15-9-12/h2-9,11,16H,10H2,1H3/t11-/m1/s1. The van der Waals surface area contributed by atoms with Crippen LogP contribution in [0.2, 0.25) is 0 Å². The molecule has 1 heterocycles. The van der Waals surface area contributed by atoms with E-state index in [1.54, 1.807) is 19.3 Å². The molecular weight excluding hydrogens is 214 g/mol. The van der Waals surface area contributed by atoms with Crippen LogP contribution in [0, 0.1) is 0 Å². The average molecular weight is 229 g/mol. The van der Waals surface area contributed by atoms with Crippen LogP contribution in [-0.2, 0) is 6.61 Å². The number of hydrogen-bond acceptors (Lipinski definition) is 3. The summed E-state index contributed by atoms with van der Waals surface area (Å²) in [5, 5.41) is 9.37. The average Bonchev–Trinajstić information content (AvgIpc) is 2.38. The molecule has 0 radical (unpaired) electrons. The van der Waals surface area contributed by atoms with E-state index in [-0.39, 0.29) is 0 Å². The number of ether oxygens (including phenoxy) is 1. The van der Waals surface area contributed by atoms with E-state index < -0.39 is 6.10 Å². The number of benzene rings is 1. The predicted molar refractivity (Wildman–Crippen MR) is 65.6 cm³/mol. The van der Waals surface area contributed by atoms with E-state index >= 15 is 0 Å². The van der Waals surface area contributed by atoms with Crippen molar-refractivity contribution in [2.75, 3.05) is 0 Å². The Hall–Kier alpha value is -1.87. The van der Waals surface area contributed by atoms with E-state index in [0.29, 0.717) is 6.61 Å². The van der Waals surface area contributed by atoms with E-state index in [1.165, 1.54) is 0 Å². The Bertz CT molecular complexity index is 451. The van der Waals surface area contributed by atoms with Crippen molar-refractivity contribution in [1.29, 1.82) is 0 Å². The first-order valence-corrected chi connectivity index (χ1v) is 5.55. The van der Waals surface area contributed by atoms with Crippen LogP contribution in [0.1, 0.15) is 24.2 Å². The Morgan fingerprint density at radius 3 is 2.59 bits per heavy atom. The van der Waals surface area contributed by atoms with Crippen molar-refractivity contribution in [2.24, 2.45) is 0 Å². The van der Waals surface area contributed by atoms with Gasteiger partial charge in [-0.2, -0.15) is 0 Å². The molecule has 0 aliphatic heterocycles. The maximum Gasteiger partial charge on any atom is 0.119 e. The molecule has 1 N–H and O–H groups in total. The number of hydrogen-bond donors (Lipinski definition) is 1. The molecule has 0 saturated carbocycles. The molecule has 3 nitrogen and oxygen atoms in total. The van der Waals surface area contributed by atoms with Crippen molar-refractivity contribution >= 4 is 0 Å². The van der Waals surface area contributed by atoms with Crippen LogP contribution in [0.15, 0.2) is 48.8 Å². The summed E-state index contributed by atoms with van der Waals surface area (Å²) in [4.78, 5) is 4.02. The normalized spacial score (nSPS) is 12.1. The molecule has 0 aliphatic carbocycles. The molecule has 0 spiro atoms. The van der Waals surface area contributed by atoms with Crippen LogP contribution in [0.3, 0.4) is 0 Å². The summed E-state index contributed by atoms with van der Waals surface area (Å²) < 4.78 is 5.61. The Kier molecular flexibility index (Phi) is 3.73. The summed E-state index contributed by atoms with van der Waals surface area (Å²) in [6, 6.07) is 11.3. The summed E-state index contributed by atoms with van der Waals surface area (Å²) in [5.74, 6) is 0.790. The molecule has 2 rings (SSSR count). The highest BCUT2D eigenvalue weighted by Crippen LogP contribution is 2.18. The van der Waals surface area contributed by atoms with Crippen LogP contribution in [0.25, 0.3) is 0 Å². The highest BCUT2D eigenvalue weighted by atomic mass is 16.5. The Morgan fingerprint density at radius 2 is 2.00 bits per heavy atom. The van der Waals surface area contributed by atoms with Gasteiger partial charge in [0.15, 0.2) is 0 Å². The molecule has 0 unspecified atom stereocenters. The van der Waals surface area contributed by atoms with Gasteiger partial charge in [-0.25, -0.2) is 0 Å². The van der Waals surface area contributed by atoms with E-state index in [1.807, 2.05) is 36.4 Å². The van der Waals surface area contributed by atoms with Crippen molar-refractivity contribution in [3.63, 3.8) is 0 Å². The highest BCUT2D eigenvalue weighted by Gasteiger charge is 2.00. The van der Waals surface area contributed by atoms with Crippen molar-refractivity contribution in [2.45, 2.75) is 19.6 Å². The predicted octanol–water partition coefficient (Wildman–Crippen LogP) is 2.71. The van der Waals surface area contributed by atoms with Gasteiger partial charge in [-0.1, -0.05) is 18.2 Å². The van der Waals surface area contributed by atoms with Gasteiger partial charge in [0.1, 0.15) is 12.4 Å². The van der Waals surface area contributed by atoms with Crippen LogP contribution < -0.4 is 4.74 Å². The largest absolute Gasteiger partial charge is 0.489 e. The van der Waals surface area contributed by atoms with Gasteiger partial charge in [0.25, 0.3) is 0 Å². The fraction of sp³-hybridized carbons (Fsp3) is 0.214. The molecule has 3 heteroatoms. The quantitative estimate of drug-likeness (QED) is 0.876. The van der Waals surface area contributed by atoms with Gasteiger partial charge in [-0.05, 0) is 30.7 Å². The second-order valence-electron chi connectivity index (χ2n) is 3.89. The van der Waals surface area contributed by atoms with Crippen molar-refractivity contribution < 1.29 is 9.84 Å². The fourth-order valence-corrected chi connectivity index (χ4v) is 1.49. The van der Waals surface area contributed by atoms with E-state index in [4.69, 9.17) is 4.74 Å². The minimum atomic E-state index is -0.442. The van der Waals surface area contributed by atoms with Crippen LogP contribution in [0.4, 0.5) is 0 Å². The SMILES string of the molecule is C[C@@H](O)c1ccc(OCc2cccnc2)cc1. The first-order valence-electron chi connectivity index (χ1n) is 5.55. The van der Waals surface area contributed by atoms with Crippen LogP contribution >= 0.6 is 0 Å². The summed E-state index contributed by atoms with van der Waals surface area (Å²) in [6.07, 6.45) is 3.08.